The summed E-state index contributed by atoms with van der Waals surface area (Å²) >= 11 is 1.11. The van der Waals surface area contributed by atoms with E-state index in [1.165, 1.54) is 5.38 Å². The zero-order valence-electron chi connectivity index (χ0n) is 12.8. The van der Waals surface area contributed by atoms with Gasteiger partial charge in [0.05, 0.1) is 0 Å². The first-order chi connectivity index (χ1) is 9.79. The number of aromatic carboxylic acids is 1. The second-order valence-corrected chi connectivity index (χ2v) is 7.49. The highest BCUT2D eigenvalue weighted by molar-refractivity contribution is 7.11. The van der Waals surface area contributed by atoms with Gasteiger partial charge >= 0.3 is 5.97 Å². The zero-order valence-corrected chi connectivity index (χ0v) is 13.6. The molecule has 1 amide bonds. The number of thiazole rings is 1. The van der Waals surface area contributed by atoms with Crippen molar-refractivity contribution in [2.24, 2.45) is 11.3 Å². The number of carboxylic acid groups (broad SMARTS) is 1. The number of rotatable bonds is 2. The van der Waals surface area contributed by atoms with Crippen molar-refractivity contribution in [3.05, 3.63) is 16.1 Å². The maximum Gasteiger partial charge on any atom is 0.355 e. The Kier molecular flexibility index (Phi) is 4.66. The van der Waals surface area contributed by atoms with E-state index in [-0.39, 0.29) is 22.0 Å². The normalized spacial score (nSPS) is 20.1. The van der Waals surface area contributed by atoms with Crippen molar-refractivity contribution >= 4 is 23.2 Å². The summed E-state index contributed by atoms with van der Waals surface area (Å²) in [7, 11) is 0. The Bertz CT molecular complexity index is 533. The molecule has 1 unspecified atom stereocenters. The molecule has 1 aromatic heterocycles. The fourth-order valence-electron chi connectivity index (χ4n) is 2.77. The molecular formula is C15H22N2O3S. The summed E-state index contributed by atoms with van der Waals surface area (Å²) in [4.78, 5) is 29.0. The summed E-state index contributed by atoms with van der Waals surface area (Å²) in [6.45, 7) is 8.19. The standard InChI is InChI=1S/C15H22N2O3S/c1-15(2,3)10-5-4-7-17(8-6-10)13(18)12-16-11(9-21-12)14(19)20/h9-10H,4-8H2,1-3H3,(H,19,20). The largest absolute Gasteiger partial charge is 0.476 e. The first-order valence-electron chi connectivity index (χ1n) is 7.27. The molecule has 2 heterocycles. The van der Waals surface area contributed by atoms with E-state index >= 15 is 0 Å². The number of hydrogen-bond donors (Lipinski definition) is 1. The van der Waals surface area contributed by atoms with E-state index in [4.69, 9.17) is 5.11 Å². The van der Waals surface area contributed by atoms with Crippen molar-refractivity contribution in [1.82, 2.24) is 9.88 Å². The van der Waals surface area contributed by atoms with Crippen molar-refractivity contribution in [3.8, 4) is 0 Å². The molecule has 21 heavy (non-hydrogen) atoms. The van der Waals surface area contributed by atoms with Crippen LogP contribution >= 0.6 is 11.3 Å². The molecule has 0 radical (unpaired) electrons. The van der Waals surface area contributed by atoms with Crippen molar-refractivity contribution < 1.29 is 14.7 Å². The van der Waals surface area contributed by atoms with E-state index in [0.717, 1.165) is 43.7 Å². The van der Waals surface area contributed by atoms with Gasteiger partial charge in [0, 0.05) is 18.5 Å². The third-order valence-corrected chi connectivity index (χ3v) is 4.98. The molecule has 0 saturated carbocycles. The third-order valence-electron chi connectivity index (χ3n) is 4.15. The first kappa shape index (κ1) is 15.9. The monoisotopic (exact) mass is 310 g/mol. The maximum absolute atomic E-state index is 12.4. The van der Waals surface area contributed by atoms with Gasteiger partial charge in [-0.1, -0.05) is 20.8 Å². The molecule has 5 nitrogen and oxygen atoms in total. The van der Waals surface area contributed by atoms with Crippen molar-refractivity contribution in [1.29, 1.82) is 0 Å². The van der Waals surface area contributed by atoms with E-state index < -0.39 is 5.97 Å². The van der Waals surface area contributed by atoms with Gasteiger partial charge in [0.25, 0.3) is 5.91 Å². The number of hydrogen-bond acceptors (Lipinski definition) is 4. The summed E-state index contributed by atoms with van der Waals surface area (Å²) in [6, 6.07) is 0. The molecule has 6 heteroatoms. The number of carboxylic acids is 1. The molecule has 1 aromatic rings. The Balaban J connectivity index is 2.04. The molecule has 116 valence electrons. The number of amides is 1. The third kappa shape index (κ3) is 3.81. The van der Waals surface area contributed by atoms with E-state index in [1.807, 2.05) is 4.90 Å². The lowest BCUT2D eigenvalue weighted by Crippen LogP contribution is -2.32. The molecule has 2 rings (SSSR count). The highest BCUT2D eigenvalue weighted by atomic mass is 32.1. The van der Waals surface area contributed by atoms with Gasteiger partial charge in [0.15, 0.2) is 10.7 Å². The molecule has 0 aliphatic carbocycles. The second-order valence-electron chi connectivity index (χ2n) is 6.63. The average molecular weight is 310 g/mol. The minimum atomic E-state index is -1.09. The van der Waals surface area contributed by atoms with Crippen molar-refractivity contribution in [2.75, 3.05) is 13.1 Å². The van der Waals surface area contributed by atoms with E-state index in [1.54, 1.807) is 0 Å². The van der Waals surface area contributed by atoms with Crippen LogP contribution in [0.3, 0.4) is 0 Å². The van der Waals surface area contributed by atoms with Gasteiger partial charge in [-0.2, -0.15) is 0 Å². The van der Waals surface area contributed by atoms with Crippen LogP contribution in [0.1, 0.15) is 60.3 Å². The number of likely N-dealkylation sites (tertiary alicyclic amines) is 1. The highest BCUT2D eigenvalue weighted by Crippen LogP contribution is 2.34. The van der Waals surface area contributed by atoms with Crippen LogP contribution < -0.4 is 0 Å². The topological polar surface area (TPSA) is 70.5 Å². The number of carbonyl (C=O) groups excluding carboxylic acids is 1. The number of nitrogens with zero attached hydrogens (tertiary/aromatic N) is 2. The van der Waals surface area contributed by atoms with Gasteiger partial charge in [-0.25, -0.2) is 9.78 Å². The van der Waals surface area contributed by atoms with Crippen molar-refractivity contribution in [3.63, 3.8) is 0 Å². The molecule has 1 N–H and O–H groups in total. The van der Waals surface area contributed by atoms with Crippen LogP contribution in [-0.4, -0.2) is 40.0 Å². The lowest BCUT2D eigenvalue weighted by atomic mass is 9.77. The average Bonchev–Trinajstić information content (AvgIpc) is 2.74. The Morgan fingerprint density at radius 3 is 2.62 bits per heavy atom. The Morgan fingerprint density at radius 2 is 2.05 bits per heavy atom. The lowest BCUT2D eigenvalue weighted by Gasteiger charge is -2.29. The maximum atomic E-state index is 12.4. The van der Waals surface area contributed by atoms with Gasteiger partial charge in [0.2, 0.25) is 0 Å². The van der Waals surface area contributed by atoms with Gasteiger partial charge < -0.3 is 10.0 Å². The Labute approximate surface area is 129 Å². The summed E-state index contributed by atoms with van der Waals surface area (Å²) in [6.07, 6.45) is 3.11. The van der Waals surface area contributed by atoms with Gasteiger partial charge in [-0.15, -0.1) is 11.3 Å². The summed E-state index contributed by atoms with van der Waals surface area (Å²) < 4.78 is 0. The second kappa shape index (κ2) is 6.13. The molecule has 1 fully saturated rings. The Morgan fingerprint density at radius 1 is 1.33 bits per heavy atom. The van der Waals surface area contributed by atoms with Gasteiger partial charge in [-0.05, 0) is 30.6 Å². The molecular weight excluding hydrogens is 288 g/mol. The predicted octanol–water partition coefficient (Wildman–Crippen LogP) is 3.13. The summed E-state index contributed by atoms with van der Waals surface area (Å²) in [5, 5.41) is 10.6. The van der Waals surface area contributed by atoms with E-state index in [2.05, 4.69) is 25.8 Å². The lowest BCUT2D eigenvalue weighted by molar-refractivity contribution is 0.0691. The summed E-state index contributed by atoms with van der Waals surface area (Å²) in [5.41, 5.74) is 0.210. The van der Waals surface area contributed by atoms with Crippen molar-refractivity contribution in [2.45, 2.75) is 40.0 Å². The van der Waals surface area contributed by atoms with Gasteiger partial charge in [0.1, 0.15) is 0 Å². The SMILES string of the molecule is CC(C)(C)C1CCCN(C(=O)c2nc(C(=O)O)cs2)CC1. The summed E-state index contributed by atoms with van der Waals surface area (Å²) in [5.74, 6) is -0.614. The predicted molar refractivity (Wildman–Crippen MR) is 81.8 cm³/mol. The van der Waals surface area contributed by atoms with E-state index in [0.29, 0.717) is 5.92 Å². The quantitative estimate of drug-likeness (QED) is 0.911. The van der Waals surface area contributed by atoms with Crippen LogP contribution in [0.2, 0.25) is 0 Å². The fourth-order valence-corrected chi connectivity index (χ4v) is 3.53. The molecule has 0 spiro atoms. The molecule has 1 aliphatic rings. The minimum absolute atomic E-state index is 0.0502. The zero-order chi connectivity index (χ0) is 15.6. The van der Waals surface area contributed by atoms with Crippen LogP contribution in [0.25, 0.3) is 0 Å². The fraction of sp³-hybridized carbons (Fsp3) is 0.667. The van der Waals surface area contributed by atoms with Crippen LogP contribution in [0.15, 0.2) is 5.38 Å². The van der Waals surface area contributed by atoms with Crippen LogP contribution in [-0.2, 0) is 0 Å². The van der Waals surface area contributed by atoms with Crippen LogP contribution in [0, 0.1) is 11.3 Å². The molecule has 1 aliphatic heterocycles. The smallest absolute Gasteiger partial charge is 0.355 e. The van der Waals surface area contributed by atoms with E-state index in [9.17, 15) is 9.59 Å². The van der Waals surface area contributed by atoms with Crippen LogP contribution in [0.5, 0.6) is 0 Å². The van der Waals surface area contributed by atoms with Crippen LogP contribution in [0.4, 0.5) is 0 Å². The highest BCUT2D eigenvalue weighted by Gasteiger charge is 2.29. The minimum Gasteiger partial charge on any atom is -0.476 e. The first-order valence-corrected chi connectivity index (χ1v) is 8.15. The molecule has 1 atom stereocenters. The molecule has 0 bridgehead atoms. The van der Waals surface area contributed by atoms with Gasteiger partial charge in [-0.3, -0.25) is 4.79 Å². The Hall–Kier alpha value is -1.43. The number of aromatic nitrogens is 1. The molecule has 1 saturated heterocycles. The number of carbonyl (C=O) groups is 2. The molecule has 0 aromatic carbocycles.